The fraction of sp³-hybridized carbons (Fsp3) is 0.304. The highest BCUT2D eigenvalue weighted by molar-refractivity contribution is 5.90. The van der Waals surface area contributed by atoms with Crippen molar-refractivity contribution < 1.29 is 14.3 Å². The predicted octanol–water partition coefficient (Wildman–Crippen LogP) is 4.08. The molecule has 0 fully saturated rings. The summed E-state index contributed by atoms with van der Waals surface area (Å²) in [5, 5.41) is 7.30. The average Bonchev–Trinajstić information content (AvgIpc) is 3.18. The van der Waals surface area contributed by atoms with E-state index in [0.717, 1.165) is 17.5 Å². The van der Waals surface area contributed by atoms with Gasteiger partial charge in [-0.3, -0.25) is 4.79 Å². The Morgan fingerprint density at radius 2 is 1.79 bits per heavy atom. The maximum Gasteiger partial charge on any atom is 0.225 e. The minimum atomic E-state index is -0.0713. The Morgan fingerprint density at radius 3 is 2.48 bits per heavy atom. The molecule has 1 amide bonds. The molecule has 0 radical (unpaired) electrons. The van der Waals surface area contributed by atoms with Crippen LogP contribution in [0.2, 0.25) is 0 Å². The highest BCUT2D eigenvalue weighted by Crippen LogP contribution is 2.31. The van der Waals surface area contributed by atoms with Crippen molar-refractivity contribution in [2.24, 2.45) is 0 Å². The third-order valence-electron chi connectivity index (χ3n) is 4.85. The molecule has 0 saturated carbocycles. The first kappa shape index (κ1) is 20.5. The van der Waals surface area contributed by atoms with Gasteiger partial charge < -0.3 is 14.8 Å². The number of hydrogen-bond donors (Lipinski definition) is 1. The van der Waals surface area contributed by atoms with Crippen molar-refractivity contribution in [3.05, 3.63) is 71.4 Å². The smallest absolute Gasteiger partial charge is 0.225 e. The second-order valence-electron chi connectivity index (χ2n) is 6.74. The zero-order valence-corrected chi connectivity index (χ0v) is 17.1. The molecule has 3 aromatic rings. The summed E-state index contributed by atoms with van der Waals surface area (Å²) in [5.41, 5.74) is 3.38. The molecule has 2 aromatic carbocycles. The first-order valence-electron chi connectivity index (χ1n) is 9.74. The monoisotopic (exact) mass is 393 g/mol. The molecule has 1 N–H and O–H groups in total. The van der Waals surface area contributed by atoms with E-state index < -0.39 is 0 Å². The molecular formula is C23H27N3O3. The van der Waals surface area contributed by atoms with E-state index in [1.165, 1.54) is 5.56 Å². The molecule has 0 aliphatic rings. The summed E-state index contributed by atoms with van der Waals surface area (Å²) < 4.78 is 12.6. The van der Waals surface area contributed by atoms with Crippen molar-refractivity contribution in [2.45, 2.75) is 32.7 Å². The maximum absolute atomic E-state index is 12.5. The lowest BCUT2D eigenvalue weighted by Crippen LogP contribution is -2.16. The fourth-order valence-electron chi connectivity index (χ4n) is 3.22. The third kappa shape index (κ3) is 5.16. The van der Waals surface area contributed by atoms with Gasteiger partial charge in [0.25, 0.3) is 0 Å². The van der Waals surface area contributed by atoms with E-state index >= 15 is 0 Å². The van der Waals surface area contributed by atoms with Gasteiger partial charge in [-0.2, -0.15) is 5.10 Å². The molecule has 1 heterocycles. The number of para-hydroxylation sites is 1. The van der Waals surface area contributed by atoms with Crippen LogP contribution in [-0.2, 0) is 24.2 Å². The highest BCUT2D eigenvalue weighted by Gasteiger charge is 2.13. The minimum absolute atomic E-state index is 0.0713. The Hall–Kier alpha value is -3.28. The van der Waals surface area contributed by atoms with Crippen molar-refractivity contribution in [1.82, 2.24) is 9.78 Å². The first-order valence-corrected chi connectivity index (χ1v) is 9.74. The van der Waals surface area contributed by atoms with Gasteiger partial charge in [0.05, 0.1) is 27.0 Å². The number of benzene rings is 2. The quantitative estimate of drug-likeness (QED) is 0.595. The molecule has 0 spiro atoms. The van der Waals surface area contributed by atoms with Gasteiger partial charge in [-0.25, -0.2) is 4.68 Å². The number of anilines is 1. The number of carbonyl (C=O) groups is 1. The Balaban J connectivity index is 1.61. The van der Waals surface area contributed by atoms with Crippen LogP contribution in [0.25, 0.3) is 0 Å². The number of nitrogens with zero attached hydrogens (tertiary/aromatic N) is 2. The van der Waals surface area contributed by atoms with Crippen LogP contribution in [0.1, 0.15) is 30.0 Å². The van der Waals surface area contributed by atoms with Crippen molar-refractivity contribution in [2.75, 3.05) is 19.5 Å². The number of aromatic nitrogens is 2. The summed E-state index contributed by atoms with van der Waals surface area (Å²) in [7, 11) is 3.21. The Labute approximate surface area is 171 Å². The minimum Gasteiger partial charge on any atom is -0.493 e. The van der Waals surface area contributed by atoms with Crippen LogP contribution >= 0.6 is 0 Å². The van der Waals surface area contributed by atoms with Crippen molar-refractivity contribution in [3.8, 4) is 11.5 Å². The largest absolute Gasteiger partial charge is 0.493 e. The lowest BCUT2D eigenvalue weighted by Gasteiger charge is -2.13. The van der Waals surface area contributed by atoms with E-state index in [-0.39, 0.29) is 5.91 Å². The summed E-state index contributed by atoms with van der Waals surface area (Å²) >= 11 is 0. The number of aryl methyl sites for hydroxylation is 2. The van der Waals surface area contributed by atoms with Gasteiger partial charge in [-0.1, -0.05) is 43.3 Å². The van der Waals surface area contributed by atoms with Crippen molar-refractivity contribution in [1.29, 1.82) is 0 Å². The number of ether oxygens (including phenoxy) is 2. The van der Waals surface area contributed by atoms with E-state index in [9.17, 15) is 4.79 Å². The van der Waals surface area contributed by atoms with E-state index in [1.54, 1.807) is 25.1 Å². The number of amides is 1. The van der Waals surface area contributed by atoms with Gasteiger partial charge >= 0.3 is 0 Å². The molecule has 1 aromatic heterocycles. The highest BCUT2D eigenvalue weighted by atomic mass is 16.5. The summed E-state index contributed by atoms with van der Waals surface area (Å²) in [6.45, 7) is 2.74. The zero-order valence-electron chi connectivity index (χ0n) is 17.1. The molecule has 3 rings (SSSR count). The molecule has 6 nitrogen and oxygen atoms in total. The summed E-state index contributed by atoms with van der Waals surface area (Å²) in [4.78, 5) is 12.5. The second kappa shape index (κ2) is 9.78. The fourth-order valence-corrected chi connectivity index (χ4v) is 3.22. The van der Waals surface area contributed by atoms with Crippen LogP contribution in [0.3, 0.4) is 0 Å². The lowest BCUT2D eigenvalue weighted by molar-refractivity contribution is -0.116. The van der Waals surface area contributed by atoms with Gasteiger partial charge in [0.2, 0.25) is 5.91 Å². The molecule has 0 unspecified atom stereocenters. The van der Waals surface area contributed by atoms with Gasteiger partial charge in [-0.15, -0.1) is 0 Å². The van der Waals surface area contributed by atoms with Crippen molar-refractivity contribution >= 4 is 11.7 Å². The number of rotatable bonds is 9. The molecule has 29 heavy (non-hydrogen) atoms. The van der Waals surface area contributed by atoms with E-state index in [2.05, 4.69) is 41.6 Å². The molecule has 0 atom stereocenters. The Bertz CT molecular complexity index is 948. The number of methoxy groups -OCH3 is 2. The average molecular weight is 393 g/mol. The zero-order chi connectivity index (χ0) is 20.6. The Morgan fingerprint density at radius 1 is 1.03 bits per heavy atom. The Kier molecular flexibility index (Phi) is 6.89. The van der Waals surface area contributed by atoms with E-state index in [1.807, 2.05) is 24.3 Å². The van der Waals surface area contributed by atoms with Gasteiger partial charge in [0.1, 0.15) is 5.82 Å². The molecule has 0 aliphatic carbocycles. The number of hydrogen-bond acceptors (Lipinski definition) is 4. The number of carbonyl (C=O) groups excluding carboxylic acids is 1. The van der Waals surface area contributed by atoms with Crippen LogP contribution in [-0.4, -0.2) is 29.9 Å². The number of nitrogens with one attached hydrogen (secondary N) is 1. The summed E-state index contributed by atoms with van der Waals surface area (Å²) in [6, 6.07) is 15.9. The normalized spacial score (nSPS) is 10.6. The summed E-state index contributed by atoms with van der Waals surface area (Å²) in [6.07, 6.45) is 3.60. The van der Waals surface area contributed by atoms with Crippen molar-refractivity contribution in [3.63, 3.8) is 0 Å². The maximum atomic E-state index is 12.5. The molecule has 0 aliphatic heterocycles. The van der Waals surface area contributed by atoms with Gasteiger partial charge in [0.15, 0.2) is 11.5 Å². The predicted molar refractivity (Wildman–Crippen MR) is 114 cm³/mol. The third-order valence-corrected chi connectivity index (χ3v) is 4.85. The SMILES string of the molecule is CCc1ccc(Cn2nccc2NC(=O)CCc2cccc(OC)c2OC)cc1. The molecule has 152 valence electrons. The standard InChI is InChI=1S/C23H27N3O3/c1-4-17-8-10-18(11-9-17)16-26-21(14-15-24-26)25-22(27)13-12-19-6-5-7-20(28-2)23(19)29-3/h5-11,14-15H,4,12-13,16H2,1-3H3,(H,25,27). The van der Waals surface area contributed by atoms with Crippen LogP contribution in [0.5, 0.6) is 11.5 Å². The molecule has 0 saturated heterocycles. The molecule has 0 bridgehead atoms. The lowest BCUT2D eigenvalue weighted by atomic mass is 10.1. The van der Waals surface area contributed by atoms with Crippen LogP contribution in [0.4, 0.5) is 5.82 Å². The van der Waals surface area contributed by atoms with E-state index in [0.29, 0.717) is 36.7 Å². The molecular weight excluding hydrogens is 366 g/mol. The van der Waals surface area contributed by atoms with Crippen LogP contribution in [0, 0.1) is 0 Å². The van der Waals surface area contributed by atoms with Gasteiger partial charge in [-0.05, 0) is 35.6 Å². The first-order chi connectivity index (χ1) is 14.1. The van der Waals surface area contributed by atoms with Gasteiger partial charge in [0, 0.05) is 12.5 Å². The van der Waals surface area contributed by atoms with Crippen LogP contribution in [0.15, 0.2) is 54.7 Å². The molecule has 6 heteroatoms. The van der Waals surface area contributed by atoms with E-state index in [4.69, 9.17) is 9.47 Å². The van der Waals surface area contributed by atoms with Crippen LogP contribution < -0.4 is 14.8 Å². The topological polar surface area (TPSA) is 65.4 Å². The second-order valence-corrected chi connectivity index (χ2v) is 6.74. The summed E-state index contributed by atoms with van der Waals surface area (Å²) in [5.74, 6) is 1.95.